The highest BCUT2D eigenvalue weighted by atomic mass is 32.1. The van der Waals surface area contributed by atoms with E-state index in [1.165, 1.54) is 17.5 Å². The average molecular weight is 472 g/mol. The third kappa shape index (κ3) is 5.21. The maximum atomic E-state index is 12.6. The Morgan fingerprint density at radius 3 is 2.67 bits per heavy atom. The van der Waals surface area contributed by atoms with E-state index in [4.69, 9.17) is 10.5 Å². The van der Waals surface area contributed by atoms with Crippen molar-refractivity contribution in [3.63, 3.8) is 0 Å². The predicted molar refractivity (Wildman–Crippen MR) is 125 cm³/mol. The number of carbonyl (C=O) groups excluding carboxylic acids is 2. The molecule has 3 aromatic rings. The van der Waals surface area contributed by atoms with Crippen molar-refractivity contribution in [2.45, 2.75) is 59.3 Å². The monoisotopic (exact) mass is 471 g/mol. The molecule has 0 spiro atoms. The van der Waals surface area contributed by atoms with Crippen LogP contribution in [0.5, 0.6) is 0 Å². The molecular weight excluding hydrogens is 442 g/mol. The van der Waals surface area contributed by atoms with E-state index in [0.29, 0.717) is 17.2 Å². The van der Waals surface area contributed by atoms with Gasteiger partial charge in [0.2, 0.25) is 5.91 Å². The van der Waals surface area contributed by atoms with Crippen LogP contribution in [0.2, 0.25) is 0 Å². The number of nitrogens with zero attached hydrogens (tertiary/aromatic N) is 5. The molecule has 11 heteroatoms. The highest BCUT2D eigenvalue weighted by molar-refractivity contribution is 7.13. The van der Waals surface area contributed by atoms with Crippen molar-refractivity contribution in [3.05, 3.63) is 39.8 Å². The first kappa shape index (κ1) is 23.3. The number of fused-ring (bicyclic) bond motifs is 1. The highest BCUT2D eigenvalue weighted by Gasteiger charge is 2.23. The Bertz CT molecular complexity index is 1180. The summed E-state index contributed by atoms with van der Waals surface area (Å²) < 4.78 is 7.38. The third-order valence-corrected chi connectivity index (χ3v) is 6.56. The number of anilines is 1. The zero-order valence-electron chi connectivity index (χ0n) is 19.3. The summed E-state index contributed by atoms with van der Waals surface area (Å²) in [6.07, 6.45) is 2.62. The second-order valence-corrected chi connectivity index (χ2v) is 9.42. The predicted octanol–water partition coefficient (Wildman–Crippen LogP) is 2.08. The summed E-state index contributed by atoms with van der Waals surface area (Å²) in [6.45, 7) is 10.4. The molecule has 2 unspecified atom stereocenters. The van der Waals surface area contributed by atoms with Gasteiger partial charge in [-0.15, -0.1) is 11.3 Å². The van der Waals surface area contributed by atoms with Gasteiger partial charge in [0.05, 0.1) is 24.1 Å². The first-order valence-corrected chi connectivity index (χ1v) is 11.8. The number of aromatic nitrogens is 4. The van der Waals surface area contributed by atoms with Crippen molar-refractivity contribution in [1.29, 1.82) is 0 Å². The Kier molecular flexibility index (Phi) is 6.73. The quantitative estimate of drug-likeness (QED) is 0.540. The normalized spacial score (nSPS) is 19.2. The van der Waals surface area contributed by atoms with Gasteiger partial charge in [-0.2, -0.15) is 5.10 Å². The van der Waals surface area contributed by atoms with Gasteiger partial charge in [-0.05, 0) is 39.7 Å². The Morgan fingerprint density at radius 1 is 1.24 bits per heavy atom. The zero-order chi connectivity index (χ0) is 23.7. The summed E-state index contributed by atoms with van der Waals surface area (Å²) in [4.78, 5) is 35.6. The van der Waals surface area contributed by atoms with E-state index in [9.17, 15) is 9.59 Å². The molecule has 1 aliphatic heterocycles. The van der Waals surface area contributed by atoms with Crippen LogP contribution in [0.25, 0.3) is 5.65 Å². The molecule has 3 aromatic heterocycles. The van der Waals surface area contributed by atoms with Gasteiger partial charge in [-0.3, -0.25) is 14.5 Å². The number of nitrogens with two attached hydrogens (primary N) is 1. The van der Waals surface area contributed by atoms with E-state index in [1.54, 1.807) is 4.52 Å². The first-order valence-electron chi connectivity index (χ1n) is 11.0. The minimum Gasteiger partial charge on any atom is -0.373 e. The molecule has 176 valence electrons. The number of rotatable bonds is 7. The fourth-order valence-electron chi connectivity index (χ4n) is 4.35. The van der Waals surface area contributed by atoms with Crippen LogP contribution in [-0.2, 0) is 22.5 Å². The van der Waals surface area contributed by atoms with Crippen molar-refractivity contribution >= 4 is 33.9 Å². The second-order valence-electron chi connectivity index (χ2n) is 8.56. The summed E-state index contributed by atoms with van der Waals surface area (Å²) in [5.74, 6) is -0.675. The van der Waals surface area contributed by atoms with E-state index in [0.717, 1.165) is 42.3 Å². The largest absolute Gasteiger partial charge is 0.373 e. The molecule has 2 amide bonds. The Hall–Kier alpha value is -2.89. The summed E-state index contributed by atoms with van der Waals surface area (Å²) in [5, 5.41) is 9.72. The van der Waals surface area contributed by atoms with E-state index in [-0.39, 0.29) is 30.1 Å². The van der Waals surface area contributed by atoms with Gasteiger partial charge < -0.3 is 15.8 Å². The molecule has 1 saturated heterocycles. The molecule has 2 atom stereocenters. The van der Waals surface area contributed by atoms with Gasteiger partial charge in [-0.1, -0.05) is 0 Å². The molecule has 1 aliphatic rings. The number of hydrogen-bond acceptors (Lipinski definition) is 8. The minimum atomic E-state index is -0.566. The number of nitrogens with one attached hydrogen (secondary N) is 1. The van der Waals surface area contributed by atoms with E-state index >= 15 is 0 Å². The van der Waals surface area contributed by atoms with Crippen molar-refractivity contribution in [1.82, 2.24) is 24.5 Å². The maximum absolute atomic E-state index is 12.6. The van der Waals surface area contributed by atoms with Gasteiger partial charge in [0.15, 0.2) is 10.8 Å². The summed E-state index contributed by atoms with van der Waals surface area (Å²) in [6, 6.07) is 0. The number of amides is 2. The summed E-state index contributed by atoms with van der Waals surface area (Å²) in [5.41, 5.74) is 9.58. The van der Waals surface area contributed by atoms with Crippen molar-refractivity contribution in [2.24, 2.45) is 5.73 Å². The van der Waals surface area contributed by atoms with Crippen molar-refractivity contribution in [3.8, 4) is 0 Å². The molecule has 0 bridgehead atoms. The van der Waals surface area contributed by atoms with Gasteiger partial charge in [0.25, 0.3) is 5.91 Å². The van der Waals surface area contributed by atoms with E-state index < -0.39 is 5.91 Å². The molecule has 0 saturated carbocycles. The molecule has 0 radical (unpaired) electrons. The van der Waals surface area contributed by atoms with Gasteiger partial charge in [0.1, 0.15) is 5.56 Å². The number of aryl methyl sites for hydroxylation is 2. The molecule has 0 aliphatic carbocycles. The maximum Gasteiger partial charge on any atom is 0.254 e. The molecule has 4 rings (SSSR count). The SMILES string of the molecule is Cc1nc2c(C(N)=O)cnn2c(C)c1CCC(=O)Nc1nc(CN2CC(C)OC(C)C2)cs1. The van der Waals surface area contributed by atoms with Crippen LogP contribution in [-0.4, -0.2) is 61.6 Å². The Balaban J connectivity index is 1.36. The lowest BCUT2D eigenvalue weighted by Gasteiger charge is -2.34. The smallest absolute Gasteiger partial charge is 0.254 e. The average Bonchev–Trinajstić information content (AvgIpc) is 3.34. The molecule has 4 heterocycles. The lowest BCUT2D eigenvalue weighted by Crippen LogP contribution is -2.44. The highest BCUT2D eigenvalue weighted by Crippen LogP contribution is 2.21. The van der Waals surface area contributed by atoms with Crippen LogP contribution in [0.15, 0.2) is 11.6 Å². The van der Waals surface area contributed by atoms with Crippen LogP contribution in [0, 0.1) is 13.8 Å². The standard InChI is InChI=1S/C22H29N7O3S/c1-12-8-28(9-13(2)32-12)10-16-11-33-22(26-16)27-19(30)6-5-17-14(3)25-21-18(20(23)31)7-24-29(21)15(17)4/h7,11-13H,5-6,8-10H2,1-4H3,(H2,23,31)(H,26,27,30). The fourth-order valence-corrected chi connectivity index (χ4v) is 5.06. The van der Waals surface area contributed by atoms with Crippen molar-refractivity contribution < 1.29 is 14.3 Å². The van der Waals surface area contributed by atoms with Crippen LogP contribution >= 0.6 is 11.3 Å². The van der Waals surface area contributed by atoms with Gasteiger partial charge >= 0.3 is 0 Å². The van der Waals surface area contributed by atoms with E-state index in [1.807, 2.05) is 19.2 Å². The number of primary amides is 1. The molecule has 10 nitrogen and oxygen atoms in total. The third-order valence-electron chi connectivity index (χ3n) is 5.76. The number of morpholine rings is 1. The zero-order valence-corrected chi connectivity index (χ0v) is 20.1. The number of thiazole rings is 1. The molecule has 1 fully saturated rings. The summed E-state index contributed by atoms with van der Waals surface area (Å²) >= 11 is 1.43. The lowest BCUT2D eigenvalue weighted by atomic mass is 10.1. The first-order chi connectivity index (χ1) is 15.7. The van der Waals surface area contributed by atoms with Crippen LogP contribution < -0.4 is 11.1 Å². The number of hydrogen-bond donors (Lipinski definition) is 2. The van der Waals surface area contributed by atoms with Crippen LogP contribution in [0.1, 0.15) is 53.3 Å². The number of ether oxygens (including phenoxy) is 1. The Morgan fingerprint density at radius 2 is 1.97 bits per heavy atom. The van der Waals surface area contributed by atoms with Crippen LogP contribution in [0.4, 0.5) is 5.13 Å². The Labute approximate surface area is 196 Å². The lowest BCUT2D eigenvalue weighted by molar-refractivity contribution is -0.116. The molecular formula is C22H29N7O3S. The molecule has 33 heavy (non-hydrogen) atoms. The second kappa shape index (κ2) is 9.54. The molecule has 0 aromatic carbocycles. The summed E-state index contributed by atoms with van der Waals surface area (Å²) in [7, 11) is 0. The van der Waals surface area contributed by atoms with Gasteiger partial charge in [0, 0.05) is 42.8 Å². The minimum absolute atomic E-state index is 0.110. The fraction of sp³-hybridized carbons (Fsp3) is 0.500. The topological polar surface area (TPSA) is 128 Å². The van der Waals surface area contributed by atoms with E-state index in [2.05, 4.69) is 39.1 Å². The van der Waals surface area contributed by atoms with Gasteiger partial charge in [-0.25, -0.2) is 14.5 Å². The van der Waals surface area contributed by atoms with Crippen LogP contribution in [0.3, 0.4) is 0 Å². The molecule has 3 N–H and O–H groups in total. The van der Waals surface area contributed by atoms with Crippen molar-refractivity contribution in [2.75, 3.05) is 18.4 Å². The number of carbonyl (C=O) groups is 2.